The number of benzene rings is 1. The standard InChI is InChI=1S/C17H23NO3/c1-21-16-13(20)8-10-4-7-18-12-9-17(15(16)14(10)12)5-2-11(19)3-6-17/h8,11-12,18-20H,2-7,9H2,1H3. The molecule has 4 heteroatoms. The van der Waals surface area contributed by atoms with Crippen molar-refractivity contribution in [2.75, 3.05) is 13.7 Å². The minimum atomic E-state index is -0.168. The SMILES string of the molecule is COc1c(O)cc2c3c1C1(CCC(O)CC1)CC3NCC2. The van der Waals surface area contributed by atoms with E-state index in [1.165, 1.54) is 16.7 Å². The van der Waals surface area contributed by atoms with Gasteiger partial charge in [0.15, 0.2) is 11.5 Å². The molecule has 1 fully saturated rings. The van der Waals surface area contributed by atoms with Gasteiger partial charge in [0.2, 0.25) is 0 Å². The van der Waals surface area contributed by atoms with Crippen LogP contribution in [0.15, 0.2) is 6.07 Å². The highest BCUT2D eigenvalue weighted by molar-refractivity contribution is 5.61. The van der Waals surface area contributed by atoms with E-state index in [1.807, 2.05) is 6.07 Å². The minimum Gasteiger partial charge on any atom is -0.504 e. The summed E-state index contributed by atoms with van der Waals surface area (Å²) in [6.45, 7) is 0.974. The quantitative estimate of drug-likeness (QED) is 0.741. The van der Waals surface area contributed by atoms with Crippen molar-refractivity contribution < 1.29 is 14.9 Å². The lowest BCUT2D eigenvalue weighted by Gasteiger charge is -2.37. The highest BCUT2D eigenvalue weighted by atomic mass is 16.5. The molecular formula is C17H23NO3. The van der Waals surface area contributed by atoms with E-state index in [4.69, 9.17) is 4.74 Å². The summed E-state index contributed by atoms with van der Waals surface area (Å²) in [5.41, 5.74) is 3.93. The van der Waals surface area contributed by atoms with Gasteiger partial charge in [-0.25, -0.2) is 0 Å². The number of methoxy groups -OCH3 is 1. The zero-order chi connectivity index (χ0) is 14.6. The molecule has 21 heavy (non-hydrogen) atoms. The Balaban J connectivity index is 1.91. The predicted molar refractivity (Wildman–Crippen MR) is 79.9 cm³/mol. The fourth-order valence-corrected chi connectivity index (χ4v) is 4.82. The van der Waals surface area contributed by atoms with Crippen LogP contribution in [-0.2, 0) is 11.8 Å². The van der Waals surface area contributed by atoms with Crippen molar-refractivity contribution in [3.05, 3.63) is 22.8 Å². The Hall–Kier alpha value is -1.26. The number of ether oxygens (including phenoxy) is 1. The molecule has 1 aliphatic heterocycles. The Kier molecular flexibility index (Phi) is 2.95. The number of aliphatic hydroxyl groups excluding tert-OH is 1. The second-order valence-corrected chi connectivity index (χ2v) is 6.85. The van der Waals surface area contributed by atoms with Crippen molar-refractivity contribution in [1.82, 2.24) is 5.32 Å². The Labute approximate surface area is 125 Å². The summed E-state index contributed by atoms with van der Waals surface area (Å²) in [5.74, 6) is 0.940. The zero-order valence-electron chi connectivity index (χ0n) is 12.5. The van der Waals surface area contributed by atoms with Gasteiger partial charge in [-0.15, -0.1) is 0 Å². The van der Waals surface area contributed by atoms with Crippen molar-refractivity contribution in [1.29, 1.82) is 0 Å². The first-order chi connectivity index (χ1) is 10.1. The first-order valence-corrected chi connectivity index (χ1v) is 7.99. The number of hydrogen-bond donors (Lipinski definition) is 3. The Morgan fingerprint density at radius 2 is 2.10 bits per heavy atom. The van der Waals surface area contributed by atoms with Crippen LogP contribution < -0.4 is 10.1 Å². The molecule has 1 aromatic carbocycles. The highest BCUT2D eigenvalue weighted by Gasteiger charge is 2.49. The number of nitrogens with one attached hydrogen (secondary N) is 1. The van der Waals surface area contributed by atoms with E-state index >= 15 is 0 Å². The second-order valence-electron chi connectivity index (χ2n) is 6.85. The molecule has 0 radical (unpaired) electrons. The van der Waals surface area contributed by atoms with Crippen LogP contribution in [0.2, 0.25) is 0 Å². The molecule has 0 saturated heterocycles. The topological polar surface area (TPSA) is 61.7 Å². The summed E-state index contributed by atoms with van der Waals surface area (Å²) in [7, 11) is 1.65. The molecule has 0 amide bonds. The first kappa shape index (κ1) is 13.4. The third kappa shape index (κ3) is 1.82. The molecule has 1 unspecified atom stereocenters. The normalized spacial score (nSPS) is 34.0. The summed E-state index contributed by atoms with van der Waals surface area (Å²) in [4.78, 5) is 0. The molecule has 1 atom stereocenters. The monoisotopic (exact) mass is 289 g/mol. The molecule has 3 aliphatic rings. The van der Waals surface area contributed by atoms with Gasteiger partial charge < -0.3 is 20.3 Å². The lowest BCUT2D eigenvalue weighted by atomic mass is 9.69. The Bertz CT molecular complexity index is 576. The van der Waals surface area contributed by atoms with Gasteiger partial charge in [-0.1, -0.05) is 0 Å². The van der Waals surface area contributed by atoms with E-state index in [1.54, 1.807) is 7.11 Å². The smallest absolute Gasteiger partial charge is 0.164 e. The number of fused-ring (bicyclic) bond motifs is 1. The fourth-order valence-electron chi connectivity index (χ4n) is 4.82. The maximum atomic E-state index is 10.4. The van der Waals surface area contributed by atoms with Gasteiger partial charge in [0.1, 0.15) is 0 Å². The van der Waals surface area contributed by atoms with Gasteiger partial charge >= 0.3 is 0 Å². The van der Waals surface area contributed by atoms with Gasteiger partial charge in [-0.05, 0) is 62.3 Å². The summed E-state index contributed by atoms with van der Waals surface area (Å²) in [5, 5.41) is 23.9. The van der Waals surface area contributed by atoms with Crippen LogP contribution in [0.25, 0.3) is 0 Å². The number of phenols is 1. The van der Waals surface area contributed by atoms with Crippen LogP contribution in [0, 0.1) is 0 Å². The molecule has 1 aromatic rings. The van der Waals surface area contributed by atoms with E-state index in [0.29, 0.717) is 11.8 Å². The van der Waals surface area contributed by atoms with Crippen LogP contribution in [0.1, 0.15) is 54.8 Å². The van der Waals surface area contributed by atoms with Crippen molar-refractivity contribution in [3.8, 4) is 11.5 Å². The van der Waals surface area contributed by atoms with Gasteiger partial charge in [0.25, 0.3) is 0 Å². The predicted octanol–water partition coefficient (Wildman–Crippen LogP) is 2.16. The molecular weight excluding hydrogens is 266 g/mol. The van der Waals surface area contributed by atoms with E-state index in [9.17, 15) is 10.2 Å². The van der Waals surface area contributed by atoms with Crippen molar-refractivity contribution in [3.63, 3.8) is 0 Å². The second kappa shape index (κ2) is 4.62. The number of aliphatic hydroxyl groups is 1. The molecule has 1 heterocycles. The fraction of sp³-hybridized carbons (Fsp3) is 0.647. The van der Waals surface area contributed by atoms with E-state index in [0.717, 1.165) is 45.1 Å². The van der Waals surface area contributed by atoms with Crippen molar-refractivity contribution >= 4 is 0 Å². The molecule has 2 aliphatic carbocycles. The Morgan fingerprint density at radius 3 is 2.81 bits per heavy atom. The summed E-state index contributed by atoms with van der Waals surface area (Å²) >= 11 is 0. The largest absolute Gasteiger partial charge is 0.504 e. The van der Waals surface area contributed by atoms with Gasteiger partial charge in [0, 0.05) is 17.0 Å². The lowest BCUT2D eigenvalue weighted by Crippen LogP contribution is -2.33. The summed E-state index contributed by atoms with van der Waals surface area (Å²) < 4.78 is 5.57. The summed E-state index contributed by atoms with van der Waals surface area (Å²) in [6, 6.07) is 2.27. The van der Waals surface area contributed by atoms with Crippen LogP contribution in [0.5, 0.6) is 11.5 Å². The Morgan fingerprint density at radius 1 is 1.33 bits per heavy atom. The van der Waals surface area contributed by atoms with Gasteiger partial charge in [-0.3, -0.25) is 0 Å². The van der Waals surface area contributed by atoms with E-state index in [2.05, 4.69) is 5.32 Å². The average Bonchev–Trinajstić information content (AvgIpc) is 2.79. The molecule has 1 spiro atoms. The van der Waals surface area contributed by atoms with Crippen molar-refractivity contribution in [2.45, 2.75) is 56.1 Å². The van der Waals surface area contributed by atoms with Gasteiger partial charge in [-0.2, -0.15) is 0 Å². The van der Waals surface area contributed by atoms with Gasteiger partial charge in [0.05, 0.1) is 13.2 Å². The maximum Gasteiger partial charge on any atom is 0.164 e. The third-order valence-electron chi connectivity index (χ3n) is 5.76. The molecule has 4 rings (SSSR count). The zero-order valence-corrected chi connectivity index (χ0v) is 12.5. The minimum absolute atomic E-state index is 0.0649. The van der Waals surface area contributed by atoms with Crippen LogP contribution in [0.3, 0.4) is 0 Å². The number of rotatable bonds is 1. The molecule has 0 bridgehead atoms. The highest BCUT2D eigenvalue weighted by Crippen LogP contribution is 2.59. The van der Waals surface area contributed by atoms with Crippen molar-refractivity contribution in [2.24, 2.45) is 0 Å². The van der Waals surface area contributed by atoms with Crippen LogP contribution in [-0.4, -0.2) is 30.0 Å². The molecule has 114 valence electrons. The van der Waals surface area contributed by atoms with Crippen LogP contribution >= 0.6 is 0 Å². The van der Waals surface area contributed by atoms with Crippen LogP contribution in [0.4, 0.5) is 0 Å². The first-order valence-electron chi connectivity index (χ1n) is 7.99. The number of aromatic hydroxyl groups is 1. The third-order valence-corrected chi connectivity index (χ3v) is 5.76. The average molecular weight is 289 g/mol. The maximum absolute atomic E-state index is 10.4. The molecule has 0 aromatic heterocycles. The number of hydrogen-bond acceptors (Lipinski definition) is 4. The molecule has 3 N–H and O–H groups in total. The molecule has 4 nitrogen and oxygen atoms in total. The number of phenolic OH excluding ortho intramolecular Hbond substituents is 1. The summed E-state index contributed by atoms with van der Waals surface area (Å²) in [6.07, 6.45) is 5.54. The van der Waals surface area contributed by atoms with E-state index in [-0.39, 0.29) is 17.3 Å². The molecule has 1 saturated carbocycles. The van der Waals surface area contributed by atoms with E-state index < -0.39 is 0 Å². The lowest BCUT2D eigenvalue weighted by molar-refractivity contribution is 0.0919.